The van der Waals surface area contributed by atoms with Gasteiger partial charge in [0.25, 0.3) is 0 Å². The fraction of sp³-hybridized carbons (Fsp3) is 0.667. The second-order valence-electron chi connectivity index (χ2n) is 5.88. The van der Waals surface area contributed by atoms with E-state index in [0.717, 1.165) is 0 Å². The van der Waals surface area contributed by atoms with Gasteiger partial charge in [-0.15, -0.1) is 6.58 Å². The zero-order valence-corrected chi connectivity index (χ0v) is 13.1. The molecule has 6 nitrogen and oxygen atoms in total. The normalized spacial score (nSPS) is 22.1. The first kappa shape index (κ1) is 17.2. The number of hydrogen-bond donors (Lipinski definition) is 0. The van der Waals surface area contributed by atoms with Crippen LogP contribution in [0.25, 0.3) is 0 Å². The summed E-state index contributed by atoms with van der Waals surface area (Å²) in [7, 11) is 0. The maximum absolute atomic E-state index is 12.3. The molecule has 0 aromatic carbocycles. The third kappa shape index (κ3) is 3.43. The van der Waals surface area contributed by atoms with Crippen LogP contribution in [0.1, 0.15) is 40.5 Å². The molecule has 1 unspecified atom stereocenters. The topological polar surface area (TPSA) is 72.9 Å². The average molecular weight is 297 g/mol. The Morgan fingerprint density at radius 1 is 1.43 bits per heavy atom. The number of Topliss-reactive ketones (excluding diaryl/α,β-unsaturated/α-hetero) is 1. The lowest BCUT2D eigenvalue weighted by Gasteiger charge is -2.35. The molecule has 0 aromatic rings. The number of esters is 1. The molecule has 0 aliphatic carbocycles. The van der Waals surface area contributed by atoms with Crippen molar-refractivity contribution in [3.63, 3.8) is 0 Å². The van der Waals surface area contributed by atoms with Gasteiger partial charge in [0.1, 0.15) is 5.60 Å². The van der Waals surface area contributed by atoms with Crippen molar-refractivity contribution in [2.45, 2.75) is 51.7 Å². The second-order valence-corrected chi connectivity index (χ2v) is 5.88. The smallest absolute Gasteiger partial charge is 0.411 e. The van der Waals surface area contributed by atoms with Crippen molar-refractivity contribution in [2.75, 3.05) is 13.2 Å². The number of likely N-dealkylation sites (tertiary alicyclic amines) is 1. The Kier molecular flexibility index (Phi) is 5.15. The van der Waals surface area contributed by atoms with Crippen LogP contribution in [0.2, 0.25) is 0 Å². The largest absolute Gasteiger partial charge is 0.464 e. The quantitative estimate of drug-likeness (QED) is 0.451. The van der Waals surface area contributed by atoms with E-state index in [1.165, 1.54) is 11.0 Å². The Morgan fingerprint density at radius 2 is 2.05 bits per heavy atom. The predicted molar refractivity (Wildman–Crippen MR) is 76.7 cm³/mol. The van der Waals surface area contributed by atoms with E-state index in [1.54, 1.807) is 27.7 Å². The van der Waals surface area contributed by atoms with Crippen LogP contribution in [0.4, 0.5) is 4.79 Å². The van der Waals surface area contributed by atoms with E-state index in [2.05, 4.69) is 6.58 Å². The van der Waals surface area contributed by atoms with E-state index in [9.17, 15) is 14.4 Å². The molecular formula is C15H23NO5. The predicted octanol–water partition coefficient (Wildman–Crippen LogP) is 2.07. The van der Waals surface area contributed by atoms with Gasteiger partial charge in [0.05, 0.1) is 6.61 Å². The highest BCUT2D eigenvalue weighted by Gasteiger charge is 2.57. The van der Waals surface area contributed by atoms with Crippen LogP contribution in [0.5, 0.6) is 0 Å². The van der Waals surface area contributed by atoms with E-state index < -0.39 is 23.2 Å². The van der Waals surface area contributed by atoms with Crippen molar-refractivity contribution in [2.24, 2.45) is 0 Å². The molecule has 0 N–H and O–H groups in total. The lowest BCUT2D eigenvalue weighted by molar-refractivity contribution is -0.158. The van der Waals surface area contributed by atoms with Crippen molar-refractivity contribution in [1.82, 2.24) is 4.90 Å². The molecule has 0 aromatic heterocycles. The maximum atomic E-state index is 12.3. The minimum Gasteiger partial charge on any atom is -0.464 e. The van der Waals surface area contributed by atoms with Gasteiger partial charge in [-0.05, 0) is 27.7 Å². The molecule has 1 fully saturated rings. The molecule has 1 saturated heterocycles. The third-order valence-corrected chi connectivity index (χ3v) is 3.15. The number of ether oxygens (including phenoxy) is 2. The van der Waals surface area contributed by atoms with Crippen molar-refractivity contribution in [3.05, 3.63) is 12.7 Å². The number of rotatable bonds is 4. The monoisotopic (exact) mass is 297 g/mol. The number of ketones is 1. The van der Waals surface area contributed by atoms with Gasteiger partial charge in [0.2, 0.25) is 5.54 Å². The van der Waals surface area contributed by atoms with Gasteiger partial charge < -0.3 is 9.47 Å². The van der Waals surface area contributed by atoms with Gasteiger partial charge in [0, 0.05) is 19.4 Å². The van der Waals surface area contributed by atoms with Crippen molar-refractivity contribution >= 4 is 17.8 Å². The van der Waals surface area contributed by atoms with Crippen LogP contribution in [0.3, 0.4) is 0 Å². The zero-order chi connectivity index (χ0) is 16.3. The summed E-state index contributed by atoms with van der Waals surface area (Å²) in [5.74, 6) is -1.06. The summed E-state index contributed by atoms with van der Waals surface area (Å²) in [4.78, 5) is 38.1. The number of amides is 1. The van der Waals surface area contributed by atoms with E-state index in [1.807, 2.05) is 0 Å². The van der Waals surface area contributed by atoms with Crippen molar-refractivity contribution < 1.29 is 23.9 Å². The Hall–Kier alpha value is -1.85. The second kappa shape index (κ2) is 6.28. The van der Waals surface area contributed by atoms with Crippen LogP contribution < -0.4 is 0 Å². The van der Waals surface area contributed by atoms with Crippen LogP contribution in [0.15, 0.2) is 12.7 Å². The number of hydrogen-bond acceptors (Lipinski definition) is 5. The Morgan fingerprint density at radius 3 is 2.52 bits per heavy atom. The standard InChI is InChI=1S/C15H23NO5/c1-6-9-15(12(18)20-7-2)11(17)8-10-16(15)13(19)21-14(3,4)5/h6H,1,7-10H2,2-5H3. The molecule has 1 aliphatic rings. The minimum atomic E-state index is -1.64. The Balaban J connectivity index is 3.16. The van der Waals surface area contributed by atoms with E-state index in [4.69, 9.17) is 9.47 Å². The molecule has 1 rings (SSSR count). The van der Waals surface area contributed by atoms with Crippen molar-refractivity contribution in [3.8, 4) is 0 Å². The molecule has 0 bridgehead atoms. The Bertz CT molecular complexity index is 451. The molecule has 21 heavy (non-hydrogen) atoms. The van der Waals surface area contributed by atoms with Crippen LogP contribution in [-0.2, 0) is 19.1 Å². The summed E-state index contributed by atoms with van der Waals surface area (Å²) >= 11 is 0. The molecule has 0 spiro atoms. The fourth-order valence-corrected chi connectivity index (χ4v) is 2.32. The minimum absolute atomic E-state index is 0.0178. The molecule has 1 atom stereocenters. The Labute approximate surface area is 125 Å². The first-order valence-electron chi connectivity index (χ1n) is 7.01. The highest BCUT2D eigenvalue weighted by Crippen LogP contribution is 2.33. The maximum Gasteiger partial charge on any atom is 0.411 e. The first-order valence-corrected chi connectivity index (χ1v) is 7.01. The summed E-state index contributed by atoms with van der Waals surface area (Å²) in [6, 6.07) is 0. The first-order chi connectivity index (χ1) is 9.69. The van der Waals surface area contributed by atoms with Crippen molar-refractivity contribution in [1.29, 1.82) is 0 Å². The third-order valence-electron chi connectivity index (χ3n) is 3.15. The summed E-state index contributed by atoms with van der Waals surface area (Å²) in [5, 5.41) is 0. The highest BCUT2D eigenvalue weighted by molar-refractivity contribution is 6.12. The summed E-state index contributed by atoms with van der Waals surface area (Å²) in [6.07, 6.45) is 0.871. The SMILES string of the molecule is C=CCC1(C(=O)OCC)C(=O)CCN1C(=O)OC(C)(C)C. The average Bonchev–Trinajstić information content (AvgIpc) is 2.67. The summed E-state index contributed by atoms with van der Waals surface area (Å²) in [6.45, 7) is 10.7. The van der Waals surface area contributed by atoms with Gasteiger partial charge in [-0.2, -0.15) is 0 Å². The molecule has 1 amide bonds. The van der Waals surface area contributed by atoms with Gasteiger partial charge in [-0.25, -0.2) is 9.59 Å². The number of carbonyl (C=O) groups excluding carboxylic acids is 3. The molecule has 118 valence electrons. The molecule has 0 radical (unpaired) electrons. The number of carbonyl (C=O) groups is 3. The molecule has 6 heteroatoms. The summed E-state index contributed by atoms with van der Waals surface area (Å²) < 4.78 is 10.3. The lowest BCUT2D eigenvalue weighted by Crippen LogP contribution is -2.58. The van der Waals surface area contributed by atoms with E-state index in [-0.39, 0.29) is 31.8 Å². The van der Waals surface area contributed by atoms with Crippen LogP contribution in [0, 0.1) is 0 Å². The summed E-state index contributed by atoms with van der Waals surface area (Å²) in [5.41, 5.74) is -2.35. The van der Waals surface area contributed by atoms with Gasteiger partial charge in [-0.1, -0.05) is 6.08 Å². The lowest BCUT2D eigenvalue weighted by atomic mass is 9.91. The molecule has 0 saturated carbocycles. The van der Waals surface area contributed by atoms with E-state index >= 15 is 0 Å². The van der Waals surface area contributed by atoms with Crippen LogP contribution in [-0.4, -0.2) is 47.0 Å². The molecule has 1 aliphatic heterocycles. The van der Waals surface area contributed by atoms with Gasteiger partial charge in [0.15, 0.2) is 5.78 Å². The fourth-order valence-electron chi connectivity index (χ4n) is 2.32. The highest BCUT2D eigenvalue weighted by atomic mass is 16.6. The number of nitrogens with zero attached hydrogens (tertiary/aromatic N) is 1. The molecule has 1 heterocycles. The molecular weight excluding hydrogens is 274 g/mol. The van der Waals surface area contributed by atoms with Crippen LogP contribution >= 0.6 is 0 Å². The van der Waals surface area contributed by atoms with Gasteiger partial charge in [-0.3, -0.25) is 9.69 Å². The zero-order valence-electron chi connectivity index (χ0n) is 13.1. The van der Waals surface area contributed by atoms with E-state index in [0.29, 0.717) is 0 Å². The van der Waals surface area contributed by atoms with Gasteiger partial charge >= 0.3 is 12.1 Å².